The van der Waals surface area contributed by atoms with Gasteiger partial charge in [-0.2, -0.15) is 0 Å². The van der Waals surface area contributed by atoms with Crippen LogP contribution in [0.15, 0.2) is 23.0 Å². The van der Waals surface area contributed by atoms with Crippen LogP contribution in [-0.4, -0.2) is 48.7 Å². The molecule has 0 unspecified atom stereocenters. The van der Waals surface area contributed by atoms with Crippen molar-refractivity contribution in [1.29, 1.82) is 0 Å². The third-order valence-electron chi connectivity index (χ3n) is 7.33. The summed E-state index contributed by atoms with van der Waals surface area (Å²) in [6.07, 6.45) is 5.67. The largest absolute Gasteiger partial charge is 0.465 e. The number of hydrogen-bond acceptors (Lipinski definition) is 7. The lowest BCUT2D eigenvalue weighted by atomic mass is 9.90. The van der Waals surface area contributed by atoms with Crippen LogP contribution in [0.3, 0.4) is 0 Å². The van der Waals surface area contributed by atoms with Crippen molar-refractivity contribution in [2.24, 2.45) is 5.92 Å². The fourth-order valence-corrected chi connectivity index (χ4v) is 5.40. The van der Waals surface area contributed by atoms with Crippen LogP contribution in [0.4, 0.5) is 0 Å². The summed E-state index contributed by atoms with van der Waals surface area (Å²) in [7, 11) is 0. The number of carbonyl (C=O) groups is 1. The van der Waals surface area contributed by atoms with Gasteiger partial charge in [-0.15, -0.1) is 5.10 Å². The monoisotopic (exact) mass is 494 g/mol. The number of aromatic amines is 1. The van der Waals surface area contributed by atoms with Crippen molar-refractivity contribution in [2.45, 2.75) is 91.9 Å². The minimum Gasteiger partial charge on any atom is -0.465 e. The van der Waals surface area contributed by atoms with E-state index in [1.807, 2.05) is 12.1 Å². The predicted molar refractivity (Wildman–Crippen MR) is 138 cm³/mol. The zero-order chi connectivity index (χ0) is 25.8. The molecule has 9 nitrogen and oxygen atoms in total. The fourth-order valence-electron chi connectivity index (χ4n) is 5.40. The van der Waals surface area contributed by atoms with Crippen LogP contribution in [0, 0.1) is 19.8 Å². The van der Waals surface area contributed by atoms with Crippen molar-refractivity contribution >= 4 is 16.9 Å². The van der Waals surface area contributed by atoms with Crippen LogP contribution in [-0.2, 0) is 22.6 Å². The molecule has 36 heavy (non-hydrogen) atoms. The van der Waals surface area contributed by atoms with Gasteiger partial charge in [-0.1, -0.05) is 33.1 Å². The Kier molecular flexibility index (Phi) is 8.18. The van der Waals surface area contributed by atoms with Crippen molar-refractivity contribution in [3.8, 4) is 0 Å². The Morgan fingerprint density at radius 1 is 1.17 bits per heavy atom. The van der Waals surface area contributed by atoms with Crippen LogP contribution in [0.2, 0.25) is 0 Å². The summed E-state index contributed by atoms with van der Waals surface area (Å²) in [5.74, 6) is 0.421. The first-order chi connectivity index (χ1) is 17.3. The van der Waals surface area contributed by atoms with Gasteiger partial charge in [0.05, 0.1) is 12.6 Å². The van der Waals surface area contributed by atoms with E-state index in [0.29, 0.717) is 25.0 Å². The number of tetrazole rings is 1. The molecule has 0 radical (unpaired) electrons. The molecule has 0 aliphatic heterocycles. The average molecular weight is 495 g/mol. The lowest BCUT2D eigenvalue weighted by Crippen LogP contribution is -2.43. The first kappa shape index (κ1) is 26.0. The number of ether oxygens (including phenoxy) is 1. The standard InChI is InChI=1S/C27H38N6O3/c1-6-36-24(34)16-33-26(29-30-31-33)25(17(2)3)32(22-10-8-7-9-11-22)15-21-14-20-12-18(4)19(5)13-23(20)28-27(21)35/h12-14,17,22,25H,6-11,15-16H2,1-5H3,(H,28,35)/t25-/m1/s1. The van der Waals surface area contributed by atoms with E-state index >= 15 is 0 Å². The second kappa shape index (κ2) is 11.3. The highest BCUT2D eigenvalue weighted by atomic mass is 16.5. The molecule has 1 aliphatic carbocycles. The van der Waals surface area contributed by atoms with Gasteiger partial charge >= 0.3 is 5.97 Å². The van der Waals surface area contributed by atoms with E-state index in [9.17, 15) is 9.59 Å². The number of nitrogens with one attached hydrogen (secondary N) is 1. The molecule has 1 atom stereocenters. The molecule has 1 N–H and O–H groups in total. The molecule has 4 rings (SSSR count). The molecule has 194 valence electrons. The van der Waals surface area contributed by atoms with Gasteiger partial charge in [0, 0.05) is 23.7 Å². The van der Waals surface area contributed by atoms with E-state index in [2.05, 4.69) is 59.2 Å². The van der Waals surface area contributed by atoms with Gasteiger partial charge in [-0.05, 0) is 84.7 Å². The Balaban J connectivity index is 1.75. The molecule has 1 saturated carbocycles. The van der Waals surface area contributed by atoms with Crippen LogP contribution in [0.5, 0.6) is 0 Å². The second-order valence-corrected chi connectivity index (χ2v) is 10.3. The number of pyridine rings is 1. The van der Waals surface area contributed by atoms with E-state index in [0.717, 1.165) is 47.7 Å². The van der Waals surface area contributed by atoms with E-state index in [4.69, 9.17) is 4.74 Å². The van der Waals surface area contributed by atoms with E-state index in [1.54, 1.807) is 11.6 Å². The Labute approximate surface area is 212 Å². The van der Waals surface area contributed by atoms with Gasteiger partial charge in [-0.25, -0.2) is 4.68 Å². The zero-order valence-electron chi connectivity index (χ0n) is 22.1. The van der Waals surface area contributed by atoms with E-state index in [-0.39, 0.29) is 30.0 Å². The summed E-state index contributed by atoms with van der Waals surface area (Å²) >= 11 is 0. The molecular weight excluding hydrogens is 456 g/mol. The summed E-state index contributed by atoms with van der Waals surface area (Å²) in [6.45, 7) is 11.0. The summed E-state index contributed by atoms with van der Waals surface area (Å²) in [4.78, 5) is 31.0. The van der Waals surface area contributed by atoms with Crippen molar-refractivity contribution in [1.82, 2.24) is 30.1 Å². The molecule has 0 spiro atoms. The molecule has 1 fully saturated rings. The number of fused-ring (bicyclic) bond motifs is 1. The molecule has 9 heteroatoms. The molecule has 3 aromatic rings. The molecule has 0 saturated heterocycles. The zero-order valence-corrected chi connectivity index (χ0v) is 22.1. The van der Waals surface area contributed by atoms with Crippen LogP contribution >= 0.6 is 0 Å². The van der Waals surface area contributed by atoms with Gasteiger partial charge in [0.1, 0.15) is 6.54 Å². The molecule has 2 aromatic heterocycles. The van der Waals surface area contributed by atoms with E-state index in [1.165, 1.54) is 12.0 Å². The lowest BCUT2D eigenvalue weighted by Gasteiger charge is -2.41. The SMILES string of the molecule is CCOC(=O)Cn1nnnc1[C@@H](C(C)C)N(Cc1cc2cc(C)c(C)cc2[nH]c1=O)C1CCCCC1. The number of carbonyl (C=O) groups excluding carboxylic acids is 1. The lowest BCUT2D eigenvalue weighted by molar-refractivity contribution is -0.144. The predicted octanol–water partition coefficient (Wildman–Crippen LogP) is 4.23. The summed E-state index contributed by atoms with van der Waals surface area (Å²) in [6, 6.07) is 6.33. The number of rotatable bonds is 9. The second-order valence-electron chi connectivity index (χ2n) is 10.3. The Hall–Kier alpha value is -3.07. The number of esters is 1. The topological polar surface area (TPSA) is 106 Å². The van der Waals surface area contributed by atoms with Gasteiger partial charge in [0.25, 0.3) is 5.56 Å². The molecule has 2 heterocycles. The molecule has 0 amide bonds. The first-order valence-corrected chi connectivity index (χ1v) is 13.1. The van der Waals surface area contributed by atoms with Crippen LogP contribution < -0.4 is 5.56 Å². The minimum absolute atomic E-state index is 0.0346. The molecular formula is C27H38N6O3. The summed E-state index contributed by atoms with van der Waals surface area (Å²) in [5, 5.41) is 13.4. The maximum absolute atomic E-state index is 13.2. The van der Waals surface area contributed by atoms with Crippen LogP contribution in [0.1, 0.15) is 81.4 Å². The summed E-state index contributed by atoms with van der Waals surface area (Å²) in [5.41, 5.74) is 3.87. The highest BCUT2D eigenvalue weighted by Gasteiger charge is 2.35. The third-order valence-corrected chi connectivity index (χ3v) is 7.33. The van der Waals surface area contributed by atoms with Gasteiger partial charge < -0.3 is 9.72 Å². The average Bonchev–Trinajstić information content (AvgIpc) is 3.28. The van der Waals surface area contributed by atoms with Gasteiger partial charge in [0.2, 0.25) is 0 Å². The van der Waals surface area contributed by atoms with Gasteiger partial charge in [-0.3, -0.25) is 14.5 Å². The smallest absolute Gasteiger partial charge is 0.327 e. The van der Waals surface area contributed by atoms with E-state index < -0.39 is 0 Å². The Morgan fingerprint density at radius 3 is 2.58 bits per heavy atom. The van der Waals surface area contributed by atoms with Crippen molar-refractivity contribution in [3.05, 3.63) is 51.1 Å². The molecule has 0 bridgehead atoms. The molecule has 1 aliphatic rings. The normalized spacial score (nSPS) is 15.6. The van der Waals surface area contributed by atoms with Crippen LogP contribution in [0.25, 0.3) is 10.9 Å². The number of nitrogens with zero attached hydrogens (tertiary/aromatic N) is 5. The Morgan fingerprint density at radius 2 is 1.89 bits per heavy atom. The third kappa shape index (κ3) is 5.67. The van der Waals surface area contributed by atoms with Crippen molar-refractivity contribution in [2.75, 3.05) is 6.61 Å². The van der Waals surface area contributed by atoms with Crippen molar-refractivity contribution < 1.29 is 9.53 Å². The van der Waals surface area contributed by atoms with Gasteiger partial charge in [0.15, 0.2) is 5.82 Å². The number of hydrogen-bond donors (Lipinski definition) is 1. The highest BCUT2D eigenvalue weighted by molar-refractivity contribution is 5.80. The number of aryl methyl sites for hydroxylation is 2. The number of H-pyrrole nitrogens is 1. The first-order valence-electron chi connectivity index (χ1n) is 13.1. The maximum Gasteiger partial charge on any atom is 0.327 e. The maximum atomic E-state index is 13.2. The Bertz CT molecular complexity index is 1260. The number of benzene rings is 1. The minimum atomic E-state index is -0.366. The fraction of sp³-hybridized carbons (Fsp3) is 0.593. The summed E-state index contributed by atoms with van der Waals surface area (Å²) < 4.78 is 6.69. The highest BCUT2D eigenvalue weighted by Crippen LogP contribution is 2.35. The quantitative estimate of drug-likeness (QED) is 0.444. The van der Waals surface area contributed by atoms with Crippen molar-refractivity contribution in [3.63, 3.8) is 0 Å². The molecule has 1 aromatic carbocycles. The number of aromatic nitrogens is 5.